The smallest absolute Gasteiger partial charge is 0.387 e. The Kier molecular flexibility index (Phi) is 42.0. The number of amides is 1. The van der Waals surface area contributed by atoms with E-state index >= 15 is 0 Å². The lowest BCUT2D eigenvalue weighted by Gasteiger charge is -2.23. The van der Waals surface area contributed by atoms with Gasteiger partial charge in [0.15, 0.2) is 0 Å². The van der Waals surface area contributed by atoms with E-state index in [9.17, 15) is 19.4 Å². The van der Waals surface area contributed by atoms with Gasteiger partial charge in [0.25, 0.3) is 0 Å². The molecule has 0 aliphatic heterocycles. The van der Waals surface area contributed by atoms with Crippen LogP contribution in [-0.2, 0) is 18.4 Å². The number of unbranched alkanes of at least 4 members (excludes halogenated alkanes) is 15. The van der Waals surface area contributed by atoms with Crippen molar-refractivity contribution >= 4 is 13.7 Å². The Bertz CT molecular complexity index is 1220. The summed E-state index contributed by atoms with van der Waals surface area (Å²) in [7, 11) is -4.36. The molecule has 0 saturated carbocycles. The topological polar surface area (TPSA) is 131 Å². The van der Waals surface area contributed by atoms with Crippen LogP contribution in [0, 0.1) is 0 Å². The number of nitrogens with one attached hydrogen (secondary N) is 1. The molecule has 0 rings (SSSR count). The van der Waals surface area contributed by atoms with Crippen LogP contribution in [0.25, 0.3) is 0 Å². The Morgan fingerprint density at radius 2 is 1.02 bits per heavy atom. The van der Waals surface area contributed by atoms with E-state index in [2.05, 4.69) is 104 Å². The number of hydrogen-bond acceptors (Lipinski definition) is 6. The number of hydrogen-bond donors (Lipinski definition) is 4. The molecule has 3 atom stereocenters. The molecule has 0 aliphatic carbocycles. The second-order valence-electron chi connectivity index (χ2n) is 14.9. The summed E-state index contributed by atoms with van der Waals surface area (Å²) in [6, 6.07) is -0.898. The van der Waals surface area contributed by atoms with E-state index in [-0.39, 0.29) is 25.7 Å². The van der Waals surface area contributed by atoms with Gasteiger partial charge >= 0.3 is 7.82 Å². The van der Waals surface area contributed by atoms with E-state index in [0.29, 0.717) is 6.42 Å². The van der Waals surface area contributed by atoms with E-state index in [0.717, 1.165) is 89.9 Å². The first kappa shape index (κ1) is 55.4. The van der Waals surface area contributed by atoms with Crippen molar-refractivity contribution in [1.29, 1.82) is 0 Å². The lowest BCUT2D eigenvalue weighted by atomic mass is 10.1. The summed E-state index contributed by atoms with van der Waals surface area (Å²) in [6.45, 7) is 3.96. The van der Waals surface area contributed by atoms with Crippen molar-refractivity contribution < 1.29 is 28.4 Å². The van der Waals surface area contributed by atoms with Crippen molar-refractivity contribution in [2.24, 2.45) is 5.73 Å². The van der Waals surface area contributed by atoms with Gasteiger partial charge in [0, 0.05) is 13.0 Å². The maximum atomic E-state index is 12.8. The number of allylic oxidation sites excluding steroid dienone is 15. The molecule has 1 amide bonds. The third-order valence-electron chi connectivity index (χ3n) is 9.39. The van der Waals surface area contributed by atoms with Crippen LogP contribution < -0.4 is 11.1 Å². The van der Waals surface area contributed by atoms with Gasteiger partial charge in [-0.2, -0.15) is 0 Å². The minimum absolute atomic E-state index is 0.0640. The van der Waals surface area contributed by atoms with Crippen molar-refractivity contribution in [2.45, 2.75) is 187 Å². The molecule has 9 heteroatoms. The van der Waals surface area contributed by atoms with Crippen LogP contribution in [0.15, 0.2) is 97.2 Å². The molecule has 8 nitrogen and oxygen atoms in total. The summed E-state index contributed by atoms with van der Waals surface area (Å²) in [5.41, 5.74) is 5.37. The number of aliphatic hydroxyl groups excluding tert-OH is 1. The molecular weight excluding hydrogens is 744 g/mol. The monoisotopic (exact) mass is 829 g/mol. The molecule has 0 aromatic rings. The highest BCUT2D eigenvalue weighted by atomic mass is 31.2. The van der Waals surface area contributed by atoms with E-state index in [1.165, 1.54) is 64.2 Å². The van der Waals surface area contributed by atoms with Crippen LogP contribution in [0.3, 0.4) is 0 Å². The third-order valence-corrected chi connectivity index (χ3v) is 10.4. The predicted molar refractivity (Wildman–Crippen MR) is 249 cm³/mol. The Labute approximate surface area is 355 Å². The lowest BCUT2D eigenvalue weighted by Crippen LogP contribution is -2.45. The minimum atomic E-state index is -4.36. The van der Waals surface area contributed by atoms with Crippen molar-refractivity contribution in [3.05, 3.63) is 97.2 Å². The Balaban J connectivity index is 4.31. The first-order valence-electron chi connectivity index (χ1n) is 22.9. The quantitative estimate of drug-likeness (QED) is 0.0274. The second-order valence-corrected chi connectivity index (χ2v) is 16.3. The highest BCUT2D eigenvalue weighted by Crippen LogP contribution is 2.43. The maximum Gasteiger partial charge on any atom is 0.472 e. The number of nitrogens with two attached hydrogens (primary N) is 1. The molecule has 0 heterocycles. The number of rotatable bonds is 41. The Morgan fingerprint density at radius 3 is 1.53 bits per heavy atom. The van der Waals surface area contributed by atoms with Crippen LogP contribution in [0.1, 0.15) is 174 Å². The fraction of sp³-hybridized carbons (Fsp3) is 0.653. The molecule has 0 aromatic heterocycles. The molecule has 0 radical (unpaired) electrons. The highest BCUT2D eigenvalue weighted by molar-refractivity contribution is 7.47. The number of carbonyl (C=O) groups is 1. The number of carbonyl (C=O) groups excluding carboxylic acids is 1. The zero-order valence-corrected chi connectivity index (χ0v) is 37.6. The molecule has 0 bridgehead atoms. The fourth-order valence-corrected chi connectivity index (χ4v) is 6.73. The Hall–Kier alpha value is -2.58. The lowest BCUT2D eigenvalue weighted by molar-refractivity contribution is -0.123. The average molecular weight is 829 g/mol. The summed E-state index contributed by atoms with van der Waals surface area (Å²) < 4.78 is 22.1. The van der Waals surface area contributed by atoms with Crippen LogP contribution in [0.2, 0.25) is 0 Å². The molecule has 5 N–H and O–H groups in total. The first-order valence-corrected chi connectivity index (χ1v) is 24.4. The molecular formula is C49H85N2O6P. The summed E-state index contributed by atoms with van der Waals surface area (Å²) in [5, 5.41) is 13.6. The third kappa shape index (κ3) is 41.6. The normalized spacial score (nSPS) is 14.9. The van der Waals surface area contributed by atoms with Crippen molar-refractivity contribution in [1.82, 2.24) is 5.32 Å². The van der Waals surface area contributed by atoms with Gasteiger partial charge in [-0.25, -0.2) is 4.57 Å². The van der Waals surface area contributed by atoms with Gasteiger partial charge in [-0.3, -0.25) is 13.8 Å². The summed E-state index contributed by atoms with van der Waals surface area (Å²) in [5.74, 6) is -0.233. The zero-order chi connectivity index (χ0) is 42.5. The molecule has 0 aromatic carbocycles. The molecule has 58 heavy (non-hydrogen) atoms. The molecule has 0 fully saturated rings. The van der Waals surface area contributed by atoms with Gasteiger partial charge in [0.05, 0.1) is 25.4 Å². The van der Waals surface area contributed by atoms with E-state index in [1.54, 1.807) is 6.08 Å². The number of aliphatic hydroxyl groups is 1. The van der Waals surface area contributed by atoms with E-state index in [4.69, 9.17) is 14.8 Å². The second kappa shape index (κ2) is 44.0. The predicted octanol–water partition coefficient (Wildman–Crippen LogP) is 13.2. The van der Waals surface area contributed by atoms with Crippen molar-refractivity contribution in [2.75, 3.05) is 19.8 Å². The van der Waals surface area contributed by atoms with Gasteiger partial charge < -0.3 is 21.1 Å². The standard InChI is InChI=1S/C49H85N2O6P/c1-3-5-7-9-11-13-15-17-19-21-22-23-24-25-26-27-29-31-33-35-37-39-41-43-49(53)51-47(46-57-58(54,55)56-45-44-50)48(52)42-40-38-36-34-32-30-28-20-18-16-14-12-10-8-6-4-2/h5,7,11,13,17,19,22-23,25-26,29,31-32,34,40,42,47-48,52H,3-4,6,8-10,12,14-16,18,20-21,24,27-28,30,33,35-39,41,43-46,50H2,1-2H3,(H,51,53)(H,54,55)/b7-5-,13-11-,19-17-,23-22-,26-25-,31-29-,34-32+,42-40+. The summed E-state index contributed by atoms with van der Waals surface area (Å²) in [4.78, 5) is 22.7. The molecule has 0 aliphatic rings. The van der Waals surface area contributed by atoms with Gasteiger partial charge in [0.1, 0.15) is 0 Å². The van der Waals surface area contributed by atoms with Gasteiger partial charge in [-0.05, 0) is 83.5 Å². The Morgan fingerprint density at radius 1 is 0.586 bits per heavy atom. The van der Waals surface area contributed by atoms with Gasteiger partial charge in [0.2, 0.25) is 5.91 Å². The number of phosphoric ester groups is 1. The molecule has 0 saturated heterocycles. The zero-order valence-electron chi connectivity index (χ0n) is 36.7. The largest absolute Gasteiger partial charge is 0.472 e. The average Bonchev–Trinajstić information content (AvgIpc) is 3.21. The molecule has 332 valence electrons. The number of phosphoric acid groups is 1. The highest BCUT2D eigenvalue weighted by Gasteiger charge is 2.26. The van der Waals surface area contributed by atoms with Crippen molar-refractivity contribution in [3.8, 4) is 0 Å². The summed E-state index contributed by atoms with van der Waals surface area (Å²) in [6.07, 6.45) is 60.3. The van der Waals surface area contributed by atoms with E-state index < -0.39 is 20.0 Å². The first-order chi connectivity index (χ1) is 28.4. The van der Waals surface area contributed by atoms with Gasteiger partial charge in [-0.1, -0.05) is 182 Å². The van der Waals surface area contributed by atoms with Gasteiger partial charge in [-0.15, -0.1) is 0 Å². The summed E-state index contributed by atoms with van der Waals surface area (Å²) >= 11 is 0. The van der Waals surface area contributed by atoms with Crippen LogP contribution in [0.5, 0.6) is 0 Å². The molecule has 0 spiro atoms. The SMILES string of the molecule is CC/C=C\C/C=C\C/C=C\C/C=C\C/C=C\C/C=C\CCCCCCC(=O)NC(COP(=O)(O)OCCN)C(O)/C=C/CC/C=C/CCCCCCCCCCCC. The van der Waals surface area contributed by atoms with Crippen LogP contribution >= 0.6 is 7.82 Å². The molecule has 3 unspecified atom stereocenters. The minimum Gasteiger partial charge on any atom is -0.387 e. The maximum absolute atomic E-state index is 12.8. The van der Waals surface area contributed by atoms with Crippen LogP contribution in [0.4, 0.5) is 0 Å². The fourth-order valence-electron chi connectivity index (χ4n) is 5.97. The van der Waals surface area contributed by atoms with Crippen molar-refractivity contribution in [3.63, 3.8) is 0 Å². The van der Waals surface area contributed by atoms with E-state index in [1.807, 2.05) is 6.08 Å². The van der Waals surface area contributed by atoms with Crippen LogP contribution in [-0.4, -0.2) is 47.8 Å².